The zero-order valence-electron chi connectivity index (χ0n) is 15.0. The van der Waals surface area contributed by atoms with Crippen LogP contribution >= 0.6 is 0 Å². The summed E-state index contributed by atoms with van der Waals surface area (Å²) in [5, 5.41) is 11.2. The highest BCUT2D eigenvalue weighted by atomic mass is 16.5. The average Bonchev–Trinajstić information content (AvgIpc) is 2.67. The summed E-state index contributed by atoms with van der Waals surface area (Å²) in [5.74, 6) is 0.931. The summed E-state index contributed by atoms with van der Waals surface area (Å²) in [6, 6.07) is 15.2. The van der Waals surface area contributed by atoms with Crippen LogP contribution in [0.2, 0.25) is 0 Å². The van der Waals surface area contributed by atoms with Crippen LogP contribution < -0.4 is 10.1 Å². The minimum atomic E-state index is 0.215. The number of ether oxygens (including phenoxy) is 1. The Morgan fingerprint density at radius 2 is 2.04 bits per heavy atom. The maximum Gasteiger partial charge on any atom is 0.119 e. The number of fused-ring (bicyclic) bond motifs is 1. The summed E-state index contributed by atoms with van der Waals surface area (Å²) in [6.07, 6.45) is 5.45. The molecule has 2 aromatic carbocycles. The summed E-state index contributed by atoms with van der Waals surface area (Å²) >= 11 is 0. The van der Waals surface area contributed by atoms with Crippen LogP contribution in [0.25, 0.3) is 5.57 Å². The zero-order chi connectivity index (χ0) is 17.6. The molecule has 130 valence electrons. The molecule has 1 aliphatic rings. The second-order valence-corrected chi connectivity index (χ2v) is 6.36. The number of benzene rings is 2. The highest BCUT2D eigenvalue weighted by Crippen LogP contribution is 2.31. The van der Waals surface area contributed by atoms with Gasteiger partial charge in [0, 0.05) is 12.8 Å². The molecule has 3 rings (SSSR count). The Bertz CT molecular complexity index is 762. The molecular formula is C22H26N2O. The zero-order valence-corrected chi connectivity index (χ0v) is 15.0. The summed E-state index contributed by atoms with van der Waals surface area (Å²) in [4.78, 5) is 0. The molecule has 0 amide bonds. The number of nitrogens with one attached hydrogen (secondary N) is 2. The standard InChI is InChI=1S/C22H26N2O/c1-3-13-25-20-8-5-17(6-9-20)22-21-10-7-18(16(4-2)15-23)14-19(21)11-12-24-22/h4-10,14-15,22-24H,3,11-13H2,1-2H3/b16-4+,23-15?/t22-/m0/s1. The van der Waals surface area contributed by atoms with Crippen molar-refractivity contribution in [3.8, 4) is 5.75 Å². The van der Waals surface area contributed by atoms with E-state index in [9.17, 15) is 0 Å². The van der Waals surface area contributed by atoms with Gasteiger partial charge in [0.25, 0.3) is 0 Å². The van der Waals surface area contributed by atoms with Gasteiger partial charge in [-0.3, -0.25) is 0 Å². The summed E-state index contributed by atoms with van der Waals surface area (Å²) in [6.45, 7) is 5.81. The van der Waals surface area contributed by atoms with E-state index in [1.807, 2.05) is 13.0 Å². The van der Waals surface area contributed by atoms with E-state index >= 15 is 0 Å². The predicted molar refractivity (Wildman–Crippen MR) is 105 cm³/mol. The minimum Gasteiger partial charge on any atom is -0.494 e. The number of hydrogen-bond acceptors (Lipinski definition) is 3. The van der Waals surface area contributed by atoms with Crippen LogP contribution in [0.15, 0.2) is 48.5 Å². The van der Waals surface area contributed by atoms with Crippen molar-refractivity contribution in [2.24, 2.45) is 0 Å². The fraction of sp³-hybridized carbons (Fsp3) is 0.318. The molecule has 1 aliphatic heterocycles. The van der Waals surface area contributed by atoms with Crippen molar-refractivity contribution >= 4 is 11.8 Å². The third-order valence-corrected chi connectivity index (χ3v) is 4.68. The van der Waals surface area contributed by atoms with E-state index < -0.39 is 0 Å². The average molecular weight is 334 g/mol. The molecule has 25 heavy (non-hydrogen) atoms. The van der Waals surface area contributed by atoms with E-state index in [1.165, 1.54) is 22.9 Å². The maximum atomic E-state index is 7.56. The van der Waals surface area contributed by atoms with Gasteiger partial charge in [-0.05, 0) is 59.7 Å². The van der Waals surface area contributed by atoms with Crippen molar-refractivity contribution in [1.82, 2.24) is 5.32 Å². The Hall–Kier alpha value is -2.39. The third kappa shape index (κ3) is 3.83. The van der Waals surface area contributed by atoms with Crippen LogP contribution in [-0.2, 0) is 6.42 Å². The lowest BCUT2D eigenvalue weighted by Gasteiger charge is -2.28. The van der Waals surface area contributed by atoms with Crippen LogP contribution in [0.1, 0.15) is 48.6 Å². The van der Waals surface area contributed by atoms with E-state index in [1.54, 1.807) is 0 Å². The molecular weight excluding hydrogens is 308 g/mol. The molecule has 1 heterocycles. The smallest absolute Gasteiger partial charge is 0.119 e. The number of rotatable bonds is 6. The Balaban J connectivity index is 1.87. The van der Waals surface area contributed by atoms with Gasteiger partial charge in [0.05, 0.1) is 12.6 Å². The molecule has 2 N–H and O–H groups in total. The Labute approximate surface area is 150 Å². The largest absolute Gasteiger partial charge is 0.494 e. The van der Waals surface area contributed by atoms with Crippen molar-refractivity contribution in [3.05, 3.63) is 70.8 Å². The molecule has 0 radical (unpaired) electrons. The molecule has 0 unspecified atom stereocenters. The van der Waals surface area contributed by atoms with Crippen molar-refractivity contribution < 1.29 is 4.74 Å². The van der Waals surface area contributed by atoms with Gasteiger partial charge in [0.1, 0.15) is 5.75 Å². The lowest BCUT2D eigenvalue weighted by Crippen LogP contribution is -2.30. The van der Waals surface area contributed by atoms with Gasteiger partial charge in [-0.1, -0.05) is 43.3 Å². The SMILES string of the molecule is C/C=C(\C=N)c1ccc2c(c1)CCN[C@H]2c1ccc(OCCC)cc1. The second-order valence-electron chi connectivity index (χ2n) is 6.36. The summed E-state index contributed by atoms with van der Waals surface area (Å²) in [5.41, 5.74) is 6.05. The lowest BCUT2D eigenvalue weighted by molar-refractivity contribution is 0.317. The highest BCUT2D eigenvalue weighted by molar-refractivity contribution is 6.08. The predicted octanol–water partition coefficient (Wildman–Crippen LogP) is 4.76. The van der Waals surface area contributed by atoms with E-state index in [4.69, 9.17) is 10.1 Å². The first kappa shape index (κ1) is 17.4. The molecule has 0 aromatic heterocycles. The van der Waals surface area contributed by atoms with E-state index in [0.29, 0.717) is 0 Å². The van der Waals surface area contributed by atoms with Gasteiger partial charge < -0.3 is 15.5 Å². The first-order valence-corrected chi connectivity index (χ1v) is 9.03. The highest BCUT2D eigenvalue weighted by Gasteiger charge is 2.21. The van der Waals surface area contributed by atoms with Gasteiger partial charge in [-0.2, -0.15) is 0 Å². The number of hydrogen-bond donors (Lipinski definition) is 2. The molecule has 0 saturated carbocycles. The van der Waals surface area contributed by atoms with Crippen LogP contribution in [0.4, 0.5) is 0 Å². The van der Waals surface area contributed by atoms with Crippen molar-refractivity contribution in [1.29, 1.82) is 5.41 Å². The van der Waals surface area contributed by atoms with Gasteiger partial charge in [0.15, 0.2) is 0 Å². The minimum absolute atomic E-state index is 0.215. The van der Waals surface area contributed by atoms with Crippen LogP contribution in [-0.4, -0.2) is 19.4 Å². The van der Waals surface area contributed by atoms with Gasteiger partial charge in [0.2, 0.25) is 0 Å². The monoisotopic (exact) mass is 334 g/mol. The fourth-order valence-corrected chi connectivity index (χ4v) is 3.35. The summed E-state index contributed by atoms with van der Waals surface area (Å²) in [7, 11) is 0. The molecule has 2 aromatic rings. The normalized spacial score (nSPS) is 17.0. The number of allylic oxidation sites excluding steroid dienone is 2. The van der Waals surface area contributed by atoms with Crippen LogP contribution in [0.3, 0.4) is 0 Å². The molecule has 1 atom stereocenters. The third-order valence-electron chi connectivity index (χ3n) is 4.68. The first-order chi connectivity index (χ1) is 12.3. The summed E-state index contributed by atoms with van der Waals surface area (Å²) < 4.78 is 5.69. The topological polar surface area (TPSA) is 45.1 Å². The van der Waals surface area contributed by atoms with Crippen molar-refractivity contribution in [2.45, 2.75) is 32.7 Å². The Kier molecular flexibility index (Phi) is 5.67. The first-order valence-electron chi connectivity index (χ1n) is 9.03. The fourth-order valence-electron chi connectivity index (χ4n) is 3.35. The molecule has 3 heteroatoms. The molecule has 0 spiro atoms. The van der Waals surface area contributed by atoms with Gasteiger partial charge >= 0.3 is 0 Å². The van der Waals surface area contributed by atoms with E-state index in [2.05, 4.69) is 54.7 Å². The van der Waals surface area contributed by atoms with Crippen LogP contribution in [0.5, 0.6) is 5.75 Å². The Morgan fingerprint density at radius 3 is 2.72 bits per heavy atom. The van der Waals surface area contributed by atoms with Gasteiger partial charge in [-0.15, -0.1) is 0 Å². The molecule has 0 bridgehead atoms. The van der Waals surface area contributed by atoms with Gasteiger partial charge in [-0.25, -0.2) is 0 Å². The van der Waals surface area contributed by atoms with E-state index in [0.717, 1.165) is 42.9 Å². The molecule has 0 aliphatic carbocycles. The molecule has 0 saturated heterocycles. The van der Waals surface area contributed by atoms with Crippen molar-refractivity contribution in [3.63, 3.8) is 0 Å². The molecule has 0 fully saturated rings. The maximum absolute atomic E-state index is 7.56. The lowest BCUT2D eigenvalue weighted by atomic mass is 9.87. The van der Waals surface area contributed by atoms with Crippen molar-refractivity contribution in [2.75, 3.05) is 13.2 Å². The van der Waals surface area contributed by atoms with E-state index in [-0.39, 0.29) is 6.04 Å². The Morgan fingerprint density at radius 1 is 1.24 bits per heavy atom. The quantitative estimate of drug-likeness (QED) is 0.748. The molecule has 3 nitrogen and oxygen atoms in total. The second kappa shape index (κ2) is 8.13. The van der Waals surface area contributed by atoms with Crippen LogP contribution in [0, 0.1) is 5.41 Å².